The average molecular weight is 260 g/mol. The first-order valence-corrected chi connectivity index (χ1v) is 6.24. The van der Waals surface area contributed by atoms with Crippen molar-refractivity contribution in [2.45, 2.75) is 40.7 Å². The Hall–Kier alpha value is -2.02. The first-order valence-electron chi connectivity index (χ1n) is 6.24. The van der Waals surface area contributed by atoms with Gasteiger partial charge in [0, 0.05) is 31.0 Å². The Kier molecular flexibility index (Phi) is 7.28. The first kappa shape index (κ1) is 17.0. The summed E-state index contributed by atoms with van der Waals surface area (Å²) in [4.78, 5) is 3.96. The van der Waals surface area contributed by atoms with E-state index in [4.69, 9.17) is 5.26 Å². The molecule has 1 heterocycles. The zero-order chi connectivity index (χ0) is 14.9. The lowest BCUT2D eigenvalue weighted by Crippen LogP contribution is -2.38. The summed E-state index contributed by atoms with van der Waals surface area (Å²) >= 11 is 0. The van der Waals surface area contributed by atoms with E-state index in [9.17, 15) is 0 Å². The molecule has 0 aromatic carbocycles. The molecule has 0 spiro atoms. The summed E-state index contributed by atoms with van der Waals surface area (Å²) in [7, 11) is 0. The van der Waals surface area contributed by atoms with E-state index in [1.54, 1.807) is 18.5 Å². The van der Waals surface area contributed by atoms with Gasteiger partial charge in [0.1, 0.15) is 0 Å². The summed E-state index contributed by atoms with van der Waals surface area (Å²) in [5.74, 6) is 0.814. The SMILES string of the molecule is C=C(Nc1ccncc1)NC(C)C(C)(C)C.CC#N. The highest BCUT2D eigenvalue weighted by molar-refractivity contribution is 5.45. The van der Waals surface area contributed by atoms with E-state index in [0.717, 1.165) is 11.5 Å². The Labute approximate surface area is 116 Å². The summed E-state index contributed by atoms with van der Waals surface area (Å²) in [5.41, 5.74) is 1.21. The van der Waals surface area contributed by atoms with Gasteiger partial charge in [-0.1, -0.05) is 27.4 Å². The Morgan fingerprint density at radius 1 is 1.37 bits per heavy atom. The molecule has 2 N–H and O–H groups in total. The van der Waals surface area contributed by atoms with Gasteiger partial charge in [0.25, 0.3) is 0 Å². The second-order valence-corrected chi connectivity index (χ2v) is 5.30. The van der Waals surface area contributed by atoms with Gasteiger partial charge in [0.2, 0.25) is 0 Å². The molecule has 19 heavy (non-hydrogen) atoms. The van der Waals surface area contributed by atoms with Gasteiger partial charge in [-0.05, 0) is 24.5 Å². The van der Waals surface area contributed by atoms with Gasteiger partial charge in [-0.15, -0.1) is 0 Å². The third-order valence-electron chi connectivity index (χ3n) is 2.67. The van der Waals surface area contributed by atoms with E-state index >= 15 is 0 Å². The van der Waals surface area contributed by atoms with Gasteiger partial charge < -0.3 is 10.6 Å². The highest BCUT2D eigenvalue weighted by Crippen LogP contribution is 2.19. The minimum Gasteiger partial charge on any atom is -0.369 e. The second-order valence-electron chi connectivity index (χ2n) is 5.30. The van der Waals surface area contributed by atoms with Gasteiger partial charge in [-0.25, -0.2) is 0 Å². The van der Waals surface area contributed by atoms with Crippen molar-refractivity contribution in [2.24, 2.45) is 5.41 Å². The van der Waals surface area contributed by atoms with Crippen LogP contribution in [0.5, 0.6) is 0 Å². The molecule has 104 valence electrons. The average Bonchev–Trinajstić information content (AvgIpc) is 2.29. The molecule has 0 aliphatic heterocycles. The summed E-state index contributed by atoms with van der Waals surface area (Å²) < 4.78 is 0. The summed E-state index contributed by atoms with van der Waals surface area (Å²) in [5, 5.41) is 13.9. The maximum atomic E-state index is 7.32. The predicted octanol–water partition coefficient (Wildman–Crippen LogP) is 3.52. The van der Waals surface area contributed by atoms with E-state index < -0.39 is 0 Å². The predicted molar refractivity (Wildman–Crippen MR) is 80.3 cm³/mol. The van der Waals surface area contributed by atoms with Gasteiger partial charge in [-0.3, -0.25) is 4.98 Å². The quantitative estimate of drug-likeness (QED) is 0.869. The lowest BCUT2D eigenvalue weighted by atomic mass is 9.88. The Morgan fingerprint density at radius 2 is 1.84 bits per heavy atom. The maximum Gasteiger partial charge on any atom is 0.0959 e. The van der Waals surface area contributed by atoms with Crippen LogP contribution in [0.15, 0.2) is 36.9 Å². The van der Waals surface area contributed by atoms with E-state index in [-0.39, 0.29) is 5.41 Å². The molecule has 4 nitrogen and oxygen atoms in total. The van der Waals surface area contributed by atoms with Crippen LogP contribution >= 0.6 is 0 Å². The van der Waals surface area contributed by atoms with Gasteiger partial charge in [0.05, 0.1) is 11.9 Å². The fourth-order valence-electron chi connectivity index (χ4n) is 1.12. The third-order valence-corrected chi connectivity index (χ3v) is 2.67. The van der Waals surface area contributed by atoms with Crippen molar-refractivity contribution >= 4 is 5.69 Å². The van der Waals surface area contributed by atoms with Crippen molar-refractivity contribution in [1.82, 2.24) is 10.3 Å². The van der Waals surface area contributed by atoms with Crippen LogP contribution in [0.2, 0.25) is 0 Å². The lowest BCUT2D eigenvalue weighted by Gasteiger charge is -2.30. The van der Waals surface area contributed by atoms with Crippen molar-refractivity contribution in [3.05, 3.63) is 36.9 Å². The topological polar surface area (TPSA) is 60.7 Å². The smallest absolute Gasteiger partial charge is 0.0959 e. The van der Waals surface area contributed by atoms with Crippen molar-refractivity contribution in [2.75, 3.05) is 5.32 Å². The number of hydrogen-bond donors (Lipinski definition) is 2. The molecule has 0 saturated carbocycles. The summed E-state index contributed by atoms with van der Waals surface area (Å²) in [6, 6.07) is 5.93. The molecule has 1 atom stereocenters. The normalized spacial score (nSPS) is 11.4. The number of nitrogens with zero attached hydrogens (tertiary/aromatic N) is 2. The zero-order valence-corrected chi connectivity index (χ0v) is 12.5. The Morgan fingerprint density at radius 3 is 2.26 bits per heavy atom. The van der Waals surface area contributed by atoms with Crippen LogP contribution in [0.1, 0.15) is 34.6 Å². The molecule has 4 heteroatoms. The fourth-order valence-corrected chi connectivity index (χ4v) is 1.12. The molecule has 1 aromatic rings. The molecule has 0 aliphatic rings. The maximum absolute atomic E-state index is 7.32. The monoisotopic (exact) mass is 260 g/mol. The first-order chi connectivity index (χ1) is 8.81. The number of pyridine rings is 1. The summed E-state index contributed by atoms with van der Waals surface area (Å²) in [6.07, 6.45) is 3.51. The highest BCUT2D eigenvalue weighted by atomic mass is 15.1. The molecule has 0 amide bonds. The molecular weight excluding hydrogens is 236 g/mol. The van der Waals surface area contributed by atoms with Crippen LogP contribution in [0, 0.1) is 16.7 Å². The van der Waals surface area contributed by atoms with Gasteiger partial charge >= 0.3 is 0 Å². The van der Waals surface area contributed by atoms with Crippen LogP contribution in [0.4, 0.5) is 5.69 Å². The van der Waals surface area contributed by atoms with E-state index in [0.29, 0.717) is 6.04 Å². The highest BCUT2D eigenvalue weighted by Gasteiger charge is 2.19. The van der Waals surface area contributed by atoms with Crippen LogP contribution < -0.4 is 10.6 Å². The molecule has 1 rings (SSSR count). The molecule has 1 aromatic heterocycles. The van der Waals surface area contributed by atoms with Gasteiger partial charge in [-0.2, -0.15) is 5.26 Å². The summed E-state index contributed by atoms with van der Waals surface area (Å²) in [6.45, 7) is 14.1. The van der Waals surface area contributed by atoms with Crippen molar-refractivity contribution in [3.63, 3.8) is 0 Å². The van der Waals surface area contributed by atoms with Gasteiger partial charge in [0.15, 0.2) is 0 Å². The standard InChI is InChI=1S/C13H21N3.C2H3N/c1-10(13(3,4)5)15-11(2)16-12-6-8-14-9-7-12;1-2-3/h6-10,15H,2H2,1,3-5H3,(H,14,16);1H3. The molecule has 0 fully saturated rings. The number of nitrogens with one attached hydrogen (secondary N) is 2. The Balaban J connectivity index is 0.000000982. The lowest BCUT2D eigenvalue weighted by molar-refractivity contribution is 0.304. The van der Waals surface area contributed by atoms with Crippen molar-refractivity contribution in [3.8, 4) is 6.07 Å². The Bertz CT molecular complexity index is 412. The number of hydrogen-bond acceptors (Lipinski definition) is 4. The largest absolute Gasteiger partial charge is 0.369 e. The van der Waals surface area contributed by atoms with Crippen LogP contribution in [-0.4, -0.2) is 11.0 Å². The zero-order valence-electron chi connectivity index (χ0n) is 12.5. The van der Waals surface area contributed by atoms with E-state index in [1.807, 2.05) is 12.1 Å². The number of aromatic nitrogens is 1. The molecular formula is C15H24N4. The van der Waals surface area contributed by atoms with Crippen LogP contribution in [-0.2, 0) is 0 Å². The molecule has 0 bridgehead atoms. The molecule has 1 unspecified atom stereocenters. The third kappa shape index (κ3) is 7.82. The number of nitriles is 1. The van der Waals surface area contributed by atoms with E-state index in [2.05, 4.69) is 49.9 Å². The van der Waals surface area contributed by atoms with Crippen molar-refractivity contribution in [1.29, 1.82) is 5.26 Å². The van der Waals surface area contributed by atoms with Crippen LogP contribution in [0.3, 0.4) is 0 Å². The molecule has 0 aliphatic carbocycles. The van der Waals surface area contributed by atoms with E-state index in [1.165, 1.54) is 6.92 Å². The fraction of sp³-hybridized carbons (Fsp3) is 0.467. The van der Waals surface area contributed by atoms with Crippen molar-refractivity contribution < 1.29 is 0 Å². The molecule has 0 saturated heterocycles. The minimum atomic E-state index is 0.211. The second kappa shape index (κ2) is 8.15. The minimum absolute atomic E-state index is 0.211. The number of anilines is 1. The molecule has 0 radical (unpaired) electrons. The number of rotatable bonds is 4. The van der Waals surface area contributed by atoms with Crippen LogP contribution in [0.25, 0.3) is 0 Å².